The van der Waals surface area contributed by atoms with Crippen LogP contribution < -0.4 is 0 Å². The minimum atomic E-state index is -0.334. The number of likely N-dealkylation sites (tertiary alicyclic amines) is 1. The molecule has 9 unspecified atom stereocenters. The first-order valence-electron chi connectivity index (χ1n) is 17.9. The first-order valence-corrected chi connectivity index (χ1v) is 21.0. The van der Waals surface area contributed by atoms with Gasteiger partial charge < -0.3 is 9.80 Å². The number of likely N-dealkylation sites (N-methyl/N-ethyl adjacent to an activating group) is 3. The minimum absolute atomic E-state index is 0. The molecule has 300 valence electrons. The number of rotatable bonds is 7. The summed E-state index contributed by atoms with van der Waals surface area (Å²) in [6, 6.07) is -1.15. The molecule has 5 aliphatic heterocycles. The number of β-lactam (4-membered cyclic amide) rings is 3. The van der Waals surface area contributed by atoms with Crippen molar-refractivity contribution in [3.8, 4) is 0 Å². The Hall–Kier alpha value is -2.70. The number of fused-ring (bicyclic) bond motifs is 2. The molecule has 0 aromatic carbocycles. The quantitative estimate of drug-likeness (QED) is 0.127. The molecule has 54 heavy (non-hydrogen) atoms. The number of Topliss-reactive ketones (excluding diaryl/α,β-unsaturated/α-hetero) is 3. The summed E-state index contributed by atoms with van der Waals surface area (Å²) in [6.07, 6.45) is 0. The molecular formula is C39H62N6O6S2W+2. The van der Waals surface area contributed by atoms with E-state index in [4.69, 9.17) is 0 Å². The van der Waals surface area contributed by atoms with Crippen LogP contribution in [-0.4, -0.2) is 165 Å². The molecule has 0 bridgehead atoms. The molecule has 3 amide bonds. The zero-order valence-electron chi connectivity index (χ0n) is 35.1. The van der Waals surface area contributed by atoms with Gasteiger partial charge in [-0.2, -0.15) is 27.5 Å². The molecule has 0 saturated carbocycles. The molecule has 5 heterocycles. The Bertz CT molecular complexity index is 1820. The van der Waals surface area contributed by atoms with E-state index in [9.17, 15) is 28.8 Å². The molecule has 15 heteroatoms. The first kappa shape index (κ1) is 47.4. The van der Waals surface area contributed by atoms with E-state index in [1.807, 2.05) is 83.3 Å². The molecule has 0 N–H and O–H groups in total. The number of ketones is 3. The second-order valence-electron chi connectivity index (χ2n) is 15.8. The van der Waals surface area contributed by atoms with Gasteiger partial charge in [0.05, 0.1) is 11.7 Å². The summed E-state index contributed by atoms with van der Waals surface area (Å²) >= 11 is 0. The third kappa shape index (κ3) is 8.36. The SMILES string of the molecule is C=S1C2C([N+](C)=C(C)C)C(=O)N2C(C(C)=O)C1(C)C.C=S1CC(C)=C(C(C)=O)N2C(=O)C([N+](C)=C(C)C)C21.CC(=O)C(C)N1[CH-]C([N+](C)=C(C)C)C1=O.[W]. The topological polar surface area (TPSA) is 121 Å². The number of nitrogens with zero attached hydrogens (tertiary/aromatic N) is 6. The smallest absolute Gasteiger partial charge is 0.300 e. The number of hydrogen-bond donors (Lipinski definition) is 0. The van der Waals surface area contributed by atoms with Gasteiger partial charge in [-0.3, -0.25) is 38.2 Å². The van der Waals surface area contributed by atoms with Crippen molar-refractivity contribution < 1.29 is 63.6 Å². The van der Waals surface area contributed by atoms with Gasteiger partial charge in [-0.1, -0.05) is 11.7 Å². The Morgan fingerprint density at radius 2 is 1.26 bits per heavy atom. The average Bonchev–Trinajstić information content (AvgIpc) is 3.22. The van der Waals surface area contributed by atoms with Crippen molar-refractivity contribution in [2.75, 3.05) is 26.9 Å². The van der Waals surface area contributed by atoms with Gasteiger partial charge in [0.25, 0.3) is 23.9 Å². The maximum atomic E-state index is 12.4. The standard InChI is InChI=1S/C14H23N2O2S.C14H21N2O2S.C11H18N2O2.W/c1-8(2)15(6)10-12(18)16-11(9(3)17)14(4,5)19(7)13(10)16;1-8(2)15(5)12-13(18)16-11(10(4)17)9(3)7-19(6)14(12)16;1-7(2)12(5)10-6-13(11(10)15)8(3)9(4)14;/h10-11,13H,7H2,1-6H3;12,14H,6-7H2,1-5H3;6,8,10H,1-5H3;/q2*+1;;. The predicted octanol–water partition coefficient (Wildman–Crippen LogP) is 2.78. The van der Waals surface area contributed by atoms with Crippen LogP contribution in [0.15, 0.2) is 11.3 Å². The molecular weight excluding hydrogens is 896 g/mol. The molecule has 0 aromatic heterocycles. The Kier molecular flexibility index (Phi) is 15.5. The molecule has 12 nitrogen and oxygen atoms in total. The number of amides is 3. The second-order valence-corrected chi connectivity index (χ2v) is 20.1. The molecule has 5 rings (SSSR count). The molecule has 0 radical (unpaired) electrons. The minimum Gasteiger partial charge on any atom is -0.475 e. The van der Waals surface area contributed by atoms with Crippen molar-refractivity contribution >= 4 is 84.9 Å². The maximum absolute atomic E-state index is 12.4. The first-order chi connectivity index (χ1) is 24.2. The average molecular weight is 959 g/mol. The Morgan fingerprint density at radius 1 is 0.796 bits per heavy atom. The van der Waals surface area contributed by atoms with E-state index >= 15 is 0 Å². The third-order valence-corrected chi connectivity index (χ3v) is 15.9. The zero-order chi connectivity index (χ0) is 40.9. The number of allylic oxidation sites excluding steroid dienone is 1. The fraction of sp³-hybridized carbons (Fsp3) is 0.641. The Balaban J connectivity index is 0.000000280. The Morgan fingerprint density at radius 3 is 1.65 bits per heavy atom. The van der Waals surface area contributed by atoms with Gasteiger partial charge in [0.15, 0.2) is 11.6 Å². The second kappa shape index (κ2) is 17.6. The van der Waals surface area contributed by atoms with Crippen molar-refractivity contribution in [2.24, 2.45) is 0 Å². The summed E-state index contributed by atoms with van der Waals surface area (Å²) in [6.45, 7) is 26.1. The molecule has 5 aliphatic rings. The van der Waals surface area contributed by atoms with Crippen LogP contribution in [-0.2, 0) is 49.8 Å². The fourth-order valence-corrected chi connectivity index (χ4v) is 11.7. The van der Waals surface area contributed by atoms with E-state index in [1.54, 1.807) is 30.2 Å². The Labute approximate surface area is 341 Å². The summed E-state index contributed by atoms with van der Waals surface area (Å²) in [5.41, 5.74) is 4.89. The van der Waals surface area contributed by atoms with Crippen LogP contribution in [0.5, 0.6) is 0 Å². The van der Waals surface area contributed by atoms with Gasteiger partial charge in [-0.15, -0.1) is 0 Å². The van der Waals surface area contributed by atoms with E-state index in [0.29, 0.717) is 5.70 Å². The summed E-state index contributed by atoms with van der Waals surface area (Å²) in [7, 11) is 5.39. The van der Waals surface area contributed by atoms with E-state index in [-0.39, 0.29) is 123 Å². The van der Waals surface area contributed by atoms with E-state index in [2.05, 4.69) is 25.6 Å². The van der Waals surface area contributed by atoms with Crippen LogP contribution in [0.4, 0.5) is 0 Å². The van der Waals surface area contributed by atoms with E-state index in [0.717, 1.165) is 28.5 Å². The summed E-state index contributed by atoms with van der Waals surface area (Å²) in [4.78, 5) is 76.3. The zero-order valence-corrected chi connectivity index (χ0v) is 39.7. The van der Waals surface area contributed by atoms with Gasteiger partial charge in [0, 0.05) is 80.0 Å². The van der Waals surface area contributed by atoms with E-state index in [1.165, 1.54) is 18.7 Å². The summed E-state index contributed by atoms with van der Waals surface area (Å²) < 4.78 is 5.70. The molecule has 4 saturated heterocycles. The molecule has 0 spiro atoms. The van der Waals surface area contributed by atoms with Crippen molar-refractivity contribution in [1.29, 1.82) is 0 Å². The van der Waals surface area contributed by atoms with Gasteiger partial charge in [-0.25, -0.2) is 9.15 Å². The van der Waals surface area contributed by atoms with Crippen molar-refractivity contribution in [2.45, 2.75) is 136 Å². The number of hydrogen-bond acceptors (Lipinski definition) is 6. The van der Waals surface area contributed by atoms with E-state index < -0.39 is 0 Å². The normalized spacial score (nSPS) is 29.2. The summed E-state index contributed by atoms with van der Waals surface area (Å²) in [5.74, 6) is 9.45. The molecule has 0 aromatic rings. The van der Waals surface area contributed by atoms with Crippen molar-refractivity contribution in [3.05, 3.63) is 17.8 Å². The van der Waals surface area contributed by atoms with Gasteiger partial charge in [-0.05, 0) is 47.1 Å². The number of carbonyl (C=O) groups excluding carboxylic acids is 6. The maximum Gasteiger partial charge on any atom is 0.300 e. The van der Waals surface area contributed by atoms with Gasteiger partial charge in [0.2, 0.25) is 5.91 Å². The van der Waals surface area contributed by atoms with Crippen LogP contribution in [0.2, 0.25) is 0 Å². The monoisotopic (exact) mass is 958 g/mol. The van der Waals surface area contributed by atoms with Crippen molar-refractivity contribution in [3.63, 3.8) is 0 Å². The largest absolute Gasteiger partial charge is 0.475 e. The molecule has 0 aliphatic carbocycles. The molecule has 9 atom stereocenters. The molecule has 4 fully saturated rings. The number of carbonyl (C=O) groups is 6. The fourth-order valence-electron chi connectivity index (χ4n) is 7.33. The van der Waals surface area contributed by atoms with Crippen LogP contribution in [0, 0.1) is 6.54 Å². The van der Waals surface area contributed by atoms with Crippen LogP contribution in [0.25, 0.3) is 0 Å². The summed E-state index contributed by atoms with van der Waals surface area (Å²) in [5, 5.41) is 0.131. The van der Waals surface area contributed by atoms with Crippen LogP contribution in [0.1, 0.15) is 90.0 Å². The third-order valence-electron chi connectivity index (χ3n) is 11.3. The van der Waals surface area contributed by atoms with Crippen LogP contribution in [0.3, 0.4) is 0 Å². The predicted molar refractivity (Wildman–Crippen MR) is 218 cm³/mol. The van der Waals surface area contributed by atoms with Gasteiger partial charge >= 0.3 is 0 Å². The van der Waals surface area contributed by atoms with Gasteiger partial charge in [0.1, 0.15) is 66.9 Å². The van der Waals surface area contributed by atoms with Crippen molar-refractivity contribution in [1.82, 2.24) is 14.7 Å². The van der Waals surface area contributed by atoms with Crippen LogP contribution >= 0.6 is 21.0 Å².